The molecule has 0 aliphatic heterocycles. The number of hydrogen-bond donors (Lipinski definition) is 1. The Morgan fingerprint density at radius 2 is 1.47 bits per heavy atom. The average Bonchev–Trinajstić information content (AvgIpc) is 2.89. The minimum absolute atomic E-state index is 0.202. The molecule has 4 aromatic rings. The summed E-state index contributed by atoms with van der Waals surface area (Å²) < 4.78 is 11.6. The van der Waals surface area contributed by atoms with Crippen LogP contribution < -0.4 is 20.3 Å². The van der Waals surface area contributed by atoms with Crippen LogP contribution in [0.5, 0.6) is 11.5 Å². The predicted octanol–water partition coefficient (Wildman–Crippen LogP) is 4.33. The van der Waals surface area contributed by atoms with Crippen LogP contribution >= 0.6 is 11.8 Å². The second kappa shape index (κ2) is 10.7. The fraction of sp³-hybridized carbons (Fsp3) is 0.115. The summed E-state index contributed by atoms with van der Waals surface area (Å²) in [5.74, 6) is 1.34. The molecule has 0 atom stereocenters. The van der Waals surface area contributed by atoms with Gasteiger partial charge in [-0.05, 0) is 72.3 Å². The standard InChI is InChI=1S/C26H23N3O4S/c1-32-21-9-3-18(4-10-21)17-27-26(31)19-5-7-20(8-6-19)29-25(30)16-15-24(28-29)34-23-13-11-22(33-2)12-14-23/h3-16H,17H2,1-2H3,(H,27,31). The summed E-state index contributed by atoms with van der Waals surface area (Å²) in [5.41, 5.74) is 1.78. The molecule has 0 aliphatic rings. The van der Waals surface area contributed by atoms with Gasteiger partial charge in [-0.1, -0.05) is 23.9 Å². The van der Waals surface area contributed by atoms with Crippen LogP contribution in [-0.4, -0.2) is 29.9 Å². The predicted molar refractivity (Wildman–Crippen MR) is 131 cm³/mol. The van der Waals surface area contributed by atoms with E-state index in [2.05, 4.69) is 10.4 Å². The third-order valence-corrected chi connectivity index (χ3v) is 5.98. The summed E-state index contributed by atoms with van der Waals surface area (Å²) in [7, 11) is 3.23. The molecule has 0 saturated heterocycles. The second-order valence-electron chi connectivity index (χ2n) is 7.28. The summed E-state index contributed by atoms with van der Waals surface area (Å²) in [6.07, 6.45) is 0. The van der Waals surface area contributed by atoms with Crippen LogP contribution in [0.4, 0.5) is 0 Å². The van der Waals surface area contributed by atoms with Gasteiger partial charge in [-0.25, -0.2) is 0 Å². The van der Waals surface area contributed by atoms with Crippen molar-refractivity contribution in [3.05, 3.63) is 106 Å². The molecule has 8 heteroatoms. The van der Waals surface area contributed by atoms with Gasteiger partial charge < -0.3 is 14.8 Å². The Balaban J connectivity index is 1.44. The average molecular weight is 474 g/mol. The smallest absolute Gasteiger partial charge is 0.271 e. The normalized spacial score (nSPS) is 10.5. The van der Waals surface area contributed by atoms with E-state index in [0.717, 1.165) is 22.0 Å². The van der Waals surface area contributed by atoms with Gasteiger partial charge >= 0.3 is 0 Å². The van der Waals surface area contributed by atoms with Gasteiger partial charge in [0, 0.05) is 23.1 Å². The lowest BCUT2D eigenvalue weighted by molar-refractivity contribution is 0.0951. The van der Waals surface area contributed by atoms with Gasteiger partial charge in [0.25, 0.3) is 11.5 Å². The zero-order chi connectivity index (χ0) is 23.9. The molecule has 34 heavy (non-hydrogen) atoms. The van der Waals surface area contributed by atoms with Gasteiger partial charge in [-0.3, -0.25) is 9.59 Å². The van der Waals surface area contributed by atoms with Crippen molar-refractivity contribution in [1.82, 2.24) is 15.1 Å². The fourth-order valence-corrected chi connectivity index (χ4v) is 3.95. The topological polar surface area (TPSA) is 82.4 Å². The number of carbonyl (C=O) groups is 1. The molecule has 0 bridgehead atoms. The summed E-state index contributed by atoms with van der Waals surface area (Å²) in [4.78, 5) is 25.9. The van der Waals surface area contributed by atoms with Gasteiger partial charge in [0.15, 0.2) is 0 Å². The van der Waals surface area contributed by atoms with Crippen molar-refractivity contribution in [1.29, 1.82) is 0 Å². The largest absolute Gasteiger partial charge is 0.497 e. The molecule has 4 rings (SSSR count). The highest BCUT2D eigenvalue weighted by Gasteiger charge is 2.09. The Hall–Kier alpha value is -4.04. The van der Waals surface area contributed by atoms with Crippen LogP contribution in [0, 0.1) is 0 Å². The Morgan fingerprint density at radius 3 is 2.09 bits per heavy atom. The Labute approximate surface area is 201 Å². The van der Waals surface area contributed by atoms with Crippen molar-refractivity contribution >= 4 is 17.7 Å². The van der Waals surface area contributed by atoms with Crippen molar-refractivity contribution in [2.24, 2.45) is 0 Å². The SMILES string of the molecule is COc1ccc(CNC(=O)c2ccc(-n3nc(Sc4ccc(OC)cc4)ccc3=O)cc2)cc1. The zero-order valence-corrected chi connectivity index (χ0v) is 19.5. The zero-order valence-electron chi connectivity index (χ0n) is 18.7. The highest BCUT2D eigenvalue weighted by molar-refractivity contribution is 7.99. The maximum absolute atomic E-state index is 12.5. The minimum atomic E-state index is -0.254. The fourth-order valence-electron chi connectivity index (χ4n) is 3.18. The highest BCUT2D eigenvalue weighted by Crippen LogP contribution is 2.27. The summed E-state index contributed by atoms with van der Waals surface area (Å²) in [6, 6.07) is 25.0. The molecule has 7 nitrogen and oxygen atoms in total. The van der Waals surface area contributed by atoms with Crippen LogP contribution in [0.3, 0.4) is 0 Å². The van der Waals surface area contributed by atoms with E-state index < -0.39 is 0 Å². The first kappa shape index (κ1) is 23.1. The van der Waals surface area contributed by atoms with E-state index in [0.29, 0.717) is 22.8 Å². The summed E-state index contributed by atoms with van der Waals surface area (Å²) in [6.45, 7) is 0.399. The third kappa shape index (κ3) is 5.65. The lowest BCUT2D eigenvalue weighted by Gasteiger charge is -2.09. The quantitative estimate of drug-likeness (QED) is 0.410. The molecule has 3 aromatic carbocycles. The van der Waals surface area contributed by atoms with Crippen molar-refractivity contribution in [3.63, 3.8) is 0 Å². The number of hydrogen-bond acceptors (Lipinski definition) is 6. The summed E-state index contributed by atoms with van der Waals surface area (Å²) in [5, 5.41) is 8.03. The van der Waals surface area contributed by atoms with E-state index >= 15 is 0 Å². The number of methoxy groups -OCH3 is 2. The lowest BCUT2D eigenvalue weighted by atomic mass is 10.1. The van der Waals surface area contributed by atoms with Crippen LogP contribution in [0.1, 0.15) is 15.9 Å². The van der Waals surface area contributed by atoms with E-state index in [1.807, 2.05) is 48.5 Å². The van der Waals surface area contributed by atoms with Crippen LogP contribution in [-0.2, 0) is 6.54 Å². The molecule has 0 radical (unpaired) electrons. The number of rotatable bonds is 8. The molecule has 0 aliphatic carbocycles. The van der Waals surface area contributed by atoms with Crippen LogP contribution in [0.15, 0.2) is 99.6 Å². The van der Waals surface area contributed by atoms with Crippen LogP contribution in [0.2, 0.25) is 0 Å². The van der Waals surface area contributed by atoms with Crippen molar-refractivity contribution in [3.8, 4) is 17.2 Å². The maximum Gasteiger partial charge on any atom is 0.271 e. The number of carbonyl (C=O) groups excluding carboxylic acids is 1. The molecule has 0 spiro atoms. The van der Waals surface area contributed by atoms with Crippen LogP contribution in [0.25, 0.3) is 5.69 Å². The molecular weight excluding hydrogens is 450 g/mol. The monoisotopic (exact) mass is 473 g/mol. The van der Waals surface area contributed by atoms with E-state index in [4.69, 9.17) is 9.47 Å². The van der Waals surface area contributed by atoms with E-state index in [1.165, 1.54) is 22.5 Å². The minimum Gasteiger partial charge on any atom is -0.497 e. The second-order valence-corrected chi connectivity index (χ2v) is 8.37. The Morgan fingerprint density at radius 1 is 0.853 bits per heavy atom. The van der Waals surface area contributed by atoms with Crippen molar-refractivity contribution in [2.75, 3.05) is 14.2 Å². The molecule has 0 saturated carbocycles. The number of aromatic nitrogens is 2. The van der Waals surface area contributed by atoms with Gasteiger partial charge in [-0.15, -0.1) is 0 Å². The molecule has 1 aromatic heterocycles. The van der Waals surface area contributed by atoms with Crippen molar-refractivity contribution < 1.29 is 14.3 Å². The molecule has 1 amide bonds. The van der Waals surface area contributed by atoms with E-state index in [-0.39, 0.29) is 11.5 Å². The maximum atomic E-state index is 12.5. The van der Waals surface area contributed by atoms with E-state index in [9.17, 15) is 9.59 Å². The number of amides is 1. The van der Waals surface area contributed by atoms with Gasteiger partial charge in [0.2, 0.25) is 0 Å². The van der Waals surface area contributed by atoms with Gasteiger partial charge in [-0.2, -0.15) is 9.78 Å². The first-order valence-corrected chi connectivity index (χ1v) is 11.3. The molecule has 1 N–H and O–H groups in total. The third-order valence-electron chi connectivity index (χ3n) is 5.04. The van der Waals surface area contributed by atoms with Gasteiger partial charge in [0.1, 0.15) is 16.5 Å². The van der Waals surface area contributed by atoms with E-state index in [1.54, 1.807) is 44.6 Å². The summed E-state index contributed by atoms with van der Waals surface area (Å²) >= 11 is 1.44. The molecule has 0 fully saturated rings. The number of nitrogens with one attached hydrogen (secondary N) is 1. The highest BCUT2D eigenvalue weighted by atomic mass is 32.2. The molecular formula is C26H23N3O4S. The van der Waals surface area contributed by atoms with Crippen molar-refractivity contribution in [2.45, 2.75) is 16.5 Å². The molecule has 0 unspecified atom stereocenters. The number of benzene rings is 3. The number of ether oxygens (including phenoxy) is 2. The molecule has 1 heterocycles. The Bertz CT molecular complexity index is 1320. The molecule has 172 valence electrons. The number of nitrogens with zero attached hydrogens (tertiary/aromatic N) is 2. The Kier molecular flexibility index (Phi) is 7.29. The first-order chi connectivity index (χ1) is 16.6. The van der Waals surface area contributed by atoms with Gasteiger partial charge in [0.05, 0.1) is 19.9 Å². The first-order valence-electron chi connectivity index (χ1n) is 10.5. The lowest BCUT2D eigenvalue weighted by Crippen LogP contribution is -2.23.